The monoisotopic (exact) mass is 540 g/mol. The zero-order valence-electron chi connectivity index (χ0n) is 20.5. The van der Waals surface area contributed by atoms with E-state index in [2.05, 4.69) is 9.88 Å². The predicted molar refractivity (Wildman–Crippen MR) is 145 cm³/mol. The lowest BCUT2D eigenvalue weighted by Gasteiger charge is -2.42. The lowest BCUT2D eigenvalue weighted by Crippen LogP contribution is -2.56. The molecule has 2 aromatic heterocycles. The Hall–Kier alpha value is -3.14. The molecule has 1 aliphatic rings. The van der Waals surface area contributed by atoms with Crippen LogP contribution in [0.25, 0.3) is 16.4 Å². The van der Waals surface area contributed by atoms with Crippen LogP contribution in [0.5, 0.6) is 0 Å². The summed E-state index contributed by atoms with van der Waals surface area (Å²) in [6.45, 7) is 3.48. The van der Waals surface area contributed by atoms with Gasteiger partial charge in [0.05, 0.1) is 22.4 Å². The number of carbonyl (C=O) groups is 1. The van der Waals surface area contributed by atoms with E-state index < -0.39 is 9.84 Å². The SMILES string of the molecule is Cc1cn2c(N3CCN(C(=O)CCS(=O)(=O)c4ccc5cc(Cl)ccc5c4)C(CCO)C3)cccc2n1. The van der Waals surface area contributed by atoms with Crippen LogP contribution < -0.4 is 4.90 Å². The Morgan fingerprint density at radius 1 is 1.11 bits per heavy atom. The van der Waals surface area contributed by atoms with Crippen molar-refractivity contribution in [2.45, 2.75) is 30.7 Å². The number of benzene rings is 2. The Bertz CT molecular complexity index is 1570. The number of hydrogen-bond acceptors (Lipinski definition) is 6. The minimum atomic E-state index is -3.65. The summed E-state index contributed by atoms with van der Waals surface area (Å²) >= 11 is 6.03. The third-order valence-corrected chi connectivity index (χ3v) is 8.85. The quantitative estimate of drug-likeness (QED) is 0.384. The molecule has 4 aromatic rings. The highest BCUT2D eigenvalue weighted by Gasteiger charge is 2.31. The molecule has 1 atom stereocenters. The van der Waals surface area contributed by atoms with E-state index in [9.17, 15) is 18.3 Å². The molecule has 10 heteroatoms. The van der Waals surface area contributed by atoms with Crippen LogP contribution in [0, 0.1) is 6.92 Å². The van der Waals surface area contributed by atoms with Crippen molar-refractivity contribution in [3.63, 3.8) is 0 Å². The molecule has 0 spiro atoms. The molecule has 2 aromatic carbocycles. The number of hydrogen-bond donors (Lipinski definition) is 1. The molecular formula is C27H29ClN4O4S. The van der Waals surface area contributed by atoms with Crippen LogP contribution in [0.2, 0.25) is 5.02 Å². The first-order valence-electron chi connectivity index (χ1n) is 12.3. The normalized spacial score (nSPS) is 16.6. The average Bonchev–Trinajstić information content (AvgIpc) is 3.27. The van der Waals surface area contributed by atoms with Crippen LogP contribution in [-0.4, -0.2) is 71.8 Å². The van der Waals surface area contributed by atoms with Crippen molar-refractivity contribution in [3.05, 3.63) is 71.5 Å². The Kier molecular flexibility index (Phi) is 7.11. The Morgan fingerprint density at radius 3 is 2.70 bits per heavy atom. The number of nitrogens with zero attached hydrogens (tertiary/aromatic N) is 4. The highest BCUT2D eigenvalue weighted by molar-refractivity contribution is 7.91. The third kappa shape index (κ3) is 5.30. The molecule has 0 radical (unpaired) electrons. The van der Waals surface area contributed by atoms with E-state index in [1.807, 2.05) is 35.7 Å². The van der Waals surface area contributed by atoms with Gasteiger partial charge >= 0.3 is 0 Å². The van der Waals surface area contributed by atoms with Gasteiger partial charge in [0, 0.05) is 43.9 Å². The number of halogens is 1. The molecule has 5 rings (SSSR count). The van der Waals surface area contributed by atoms with Gasteiger partial charge in [0.1, 0.15) is 11.5 Å². The maximum atomic E-state index is 13.2. The molecule has 1 unspecified atom stereocenters. The Morgan fingerprint density at radius 2 is 1.89 bits per heavy atom. The van der Waals surface area contributed by atoms with Crippen molar-refractivity contribution in [2.75, 3.05) is 36.9 Å². The molecule has 1 aliphatic heterocycles. The van der Waals surface area contributed by atoms with Gasteiger partial charge in [-0.15, -0.1) is 0 Å². The summed E-state index contributed by atoms with van der Waals surface area (Å²) in [5.41, 5.74) is 1.78. The fraction of sp³-hybridized carbons (Fsp3) is 0.333. The highest BCUT2D eigenvalue weighted by Crippen LogP contribution is 2.25. The molecule has 1 fully saturated rings. The second-order valence-electron chi connectivity index (χ2n) is 9.42. The smallest absolute Gasteiger partial charge is 0.223 e. The number of fused-ring (bicyclic) bond motifs is 2. The number of piperazine rings is 1. The lowest BCUT2D eigenvalue weighted by molar-refractivity contribution is -0.133. The largest absolute Gasteiger partial charge is 0.396 e. The van der Waals surface area contributed by atoms with Gasteiger partial charge < -0.3 is 14.9 Å². The molecule has 1 N–H and O–H groups in total. The van der Waals surface area contributed by atoms with Crippen LogP contribution in [0.1, 0.15) is 18.5 Å². The number of amides is 1. The topological polar surface area (TPSA) is 95.2 Å². The van der Waals surface area contributed by atoms with Gasteiger partial charge in [0.2, 0.25) is 5.91 Å². The summed E-state index contributed by atoms with van der Waals surface area (Å²) in [6, 6.07) is 15.9. The highest BCUT2D eigenvalue weighted by atomic mass is 35.5. The fourth-order valence-electron chi connectivity index (χ4n) is 5.03. The van der Waals surface area contributed by atoms with Crippen molar-refractivity contribution in [3.8, 4) is 0 Å². The zero-order chi connectivity index (χ0) is 26.2. The summed E-state index contributed by atoms with van der Waals surface area (Å²) < 4.78 is 28.1. The van der Waals surface area contributed by atoms with E-state index >= 15 is 0 Å². The van der Waals surface area contributed by atoms with Gasteiger partial charge in [0.25, 0.3) is 0 Å². The third-order valence-electron chi connectivity index (χ3n) is 6.90. The standard InChI is InChI=1S/C27H29ClN4O4S/c1-19-17-32-25(29-19)3-2-4-26(32)30-11-12-31(23(18-30)9-13-33)27(34)10-14-37(35,36)24-8-6-20-15-22(28)7-5-21(20)16-24/h2-8,15-17,23,33H,9-14,18H2,1H3. The van der Waals surface area contributed by atoms with Crippen LogP contribution >= 0.6 is 11.6 Å². The maximum Gasteiger partial charge on any atom is 0.223 e. The molecule has 3 heterocycles. The first-order valence-corrected chi connectivity index (χ1v) is 14.3. The number of anilines is 1. The number of carbonyl (C=O) groups excluding carboxylic acids is 1. The van der Waals surface area contributed by atoms with Crippen molar-refractivity contribution < 1.29 is 18.3 Å². The van der Waals surface area contributed by atoms with E-state index in [4.69, 9.17) is 11.6 Å². The molecule has 1 amide bonds. The number of imidazole rings is 1. The first kappa shape index (κ1) is 25.5. The molecule has 8 nitrogen and oxygen atoms in total. The Labute approximate surface area is 221 Å². The van der Waals surface area contributed by atoms with Crippen LogP contribution in [0.4, 0.5) is 5.82 Å². The summed E-state index contributed by atoms with van der Waals surface area (Å²) in [7, 11) is -3.65. The van der Waals surface area contributed by atoms with Gasteiger partial charge in [-0.05, 0) is 60.5 Å². The van der Waals surface area contributed by atoms with Crippen molar-refractivity contribution in [1.82, 2.24) is 14.3 Å². The molecule has 194 valence electrons. The number of pyridine rings is 1. The molecule has 0 saturated carbocycles. The molecule has 1 saturated heterocycles. The van der Waals surface area contributed by atoms with Crippen molar-refractivity contribution in [1.29, 1.82) is 0 Å². The number of aromatic nitrogens is 2. The van der Waals surface area contributed by atoms with Gasteiger partial charge in [-0.1, -0.05) is 29.8 Å². The summed E-state index contributed by atoms with van der Waals surface area (Å²) in [5.74, 6) is 0.490. The van der Waals surface area contributed by atoms with E-state index in [1.54, 1.807) is 41.3 Å². The number of rotatable bonds is 7. The summed E-state index contributed by atoms with van der Waals surface area (Å²) in [6.07, 6.45) is 2.29. The van der Waals surface area contributed by atoms with E-state index in [-0.39, 0.29) is 35.6 Å². The number of sulfone groups is 1. The second-order valence-corrected chi connectivity index (χ2v) is 12.0. The minimum absolute atomic E-state index is 0.0594. The second kappa shape index (κ2) is 10.3. The number of aliphatic hydroxyl groups is 1. The molecule has 37 heavy (non-hydrogen) atoms. The summed E-state index contributed by atoms with van der Waals surface area (Å²) in [5, 5.41) is 11.9. The van der Waals surface area contributed by atoms with Crippen LogP contribution in [0.15, 0.2) is 65.7 Å². The van der Waals surface area contributed by atoms with Crippen LogP contribution in [-0.2, 0) is 14.6 Å². The number of aryl methyl sites for hydroxylation is 1. The van der Waals surface area contributed by atoms with Gasteiger partial charge in [-0.3, -0.25) is 9.20 Å². The van der Waals surface area contributed by atoms with E-state index in [0.29, 0.717) is 31.1 Å². The van der Waals surface area contributed by atoms with Crippen molar-refractivity contribution >= 4 is 49.6 Å². The van der Waals surface area contributed by atoms with Gasteiger partial charge in [-0.2, -0.15) is 0 Å². The molecular weight excluding hydrogens is 512 g/mol. The Balaban J connectivity index is 1.28. The minimum Gasteiger partial charge on any atom is -0.396 e. The van der Waals surface area contributed by atoms with Gasteiger partial charge in [-0.25, -0.2) is 13.4 Å². The lowest BCUT2D eigenvalue weighted by atomic mass is 10.1. The van der Waals surface area contributed by atoms with E-state index in [0.717, 1.165) is 27.9 Å². The number of aliphatic hydroxyl groups excluding tert-OH is 1. The molecule has 0 aliphatic carbocycles. The van der Waals surface area contributed by atoms with Crippen molar-refractivity contribution in [2.24, 2.45) is 0 Å². The maximum absolute atomic E-state index is 13.2. The van der Waals surface area contributed by atoms with Crippen LogP contribution in [0.3, 0.4) is 0 Å². The zero-order valence-corrected chi connectivity index (χ0v) is 22.1. The average molecular weight is 541 g/mol. The van der Waals surface area contributed by atoms with Gasteiger partial charge in [0.15, 0.2) is 9.84 Å². The first-order chi connectivity index (χ1) is 17.7. The summed E-state index contributed by atoms with van der Waals surface area (Å²) in [4.78, 5) is 21.8. The predicted octanol–water partition coefficient (Wildman–Crippen LogP) is 3.71. The fourth-order valence-corrected chi connectivity index (χ4v) is 6.48. The molecule has 0 bridgehead atoms. The van der Waals surface area contributed by atoms with E-state index in [1.165, 1.54) is 0 Å².